The van der Waals surface area contributed by atoms with E-state index in [9.17, 15) is 18.0 Å². The lowest BCUT2D eigenvalue weighted by atomic mass is 10.1. The number of aliphatic carboxylic acids is 1. The lowest BCUT2D eigenvalue weighted by Gasteiger charge is -2.21. The molecule has 0 aliphatic carbocycles. The first-order valence-electron chi connectivity index (χ1n) is 3.62. The molecule has 0 bridgehead atoms. The van der Waals surface area contributed by atoms with E-state index in [1.54, 1.807) is 0 Å². The predicted molar refractivity (Wildman–Crippen MR) is 46.2 cm³/mol. The van der Waals surface area contributed by atoms with E-state index in [0.717, 1.165) is 13.2 Å². The molecule has 0 fully saturated rings. The summed E-state index contributed by atoms with van der Waals surface area (Å²) in [5.74, 6) is -1.42. The normalized spacial score (nSPS) is 16.2. The summed E-state index contributed by atoms with van der Waals surface area (Å²) in [6.45, 7) is 1.11. The lowest BCUT2D eigenvalue weighted by Crippen LogP contribution is -2.43. The molecule has 0 amide bonds. The molecular weight excluding hydrogens is 196 g/mol. The van der Waals surface area contributed by atoms with Gasteiger partial charge in [0.25, 0.3) is 0 Å². The van der Waals surface area contributed by atoms with Crippen LogP contribution < -0.4 is 0 Å². The van der Waals surface area contributed by atoms with Gasteiger partial charge in [-0.3, -0.25) is 4.79 Å². The Morgan fingerprint density at radius 2 is 2.00 bits per heavy atom. The van der Waals surface area contributed by atoms with Gasteiger partial charge < -0.3 is 9.90 Å². The standard InChI is InChI=1S/C7H12O5S/c1-7(6(9)10,4-3-5-8)13(2,11)12/h5H,3-4H2,1-2H3,(H,9,10)/t7-/m1/s1. The Morgan fingerprint density at radius 1 is 1.54 bits per heavy atom. The van der Waals surface area contributed by atoms with Crippen LogP contribution in [0.3, 0.4) is 0 Å². The first kappa shape index (κ1) is 12.1. The molecule has 76 valence electrons. The molecular formula is C7H12O5S. The minimum atomic E-state index is -3.69. The van der Waals surface area contributed by atoms with Crippen molar-refractivity contribution in [3.05, 3.63) is 0 Å². The van der Waals surface area contributed by atoms with Gasteiger partial charge in [-0.15, -0.1) is 0 Å². The molecule has 0 saturated carbocycles. The molecule has 0 aromatic rings. The zero-order chi connectivity index (χ0) is 10.7. The van der Waals surface area contributed by atoms with E-state index in [4.69, 9.17) is 5.11 Å². The van der Waals surface area contributed by atoms with Gasteiger partial charge >= 0.3 is 5.97 Å². The molecule has 0 aromatic heterocycles. The average molecular weight is 208 g/mol. The highest BCUT2D eigenvalue weighted by molar-refractivity contribution is 7.92. The third kappa shape index (κ3) is 2.51. The van der Waals surface area contributed by atoms with Crippen molar-refractivity contribution >= 4 is 22.1 Å². The van der Waals surface area contributed by atoms with Gasteiger partial charge in [0.1, 0.15) is 6.29 Å². The maximum atomic E-state index is 11.1. The fourth-order valence-electron chi connectivity index (χ4n) is 0.785. The molecule has 0 aromatic carbocycles. The summed E-state index contributed by atoms with van der Waals surface area (Å²) in [5, 5.41) is 8.70. The van der Waals surface area contributed by atoms with Gasteiger partial charge in [-0.2, -0.15) is 0 Å². The average Bonchev–Trinajstić information content (AvgIpc) is 1.97. The summed E-state index contributed by atoms with van der Waals surface area (Å²) in [7, 11) is -3.69. The van der Waals surface area contributed by atoms with Gasteiger partial charge in [-0.1, -0.05) is 0 Å². The second-order valence-electron chi connectivity index (χ2n) is 3.01. The molecule has 0 radical (unpaired) electrons. The summed E-state index contributed by atoms with van der Waals surface area (Å²) < 4.78 is 20.4. The maximum Gasteiger partial charge on any atom is 0.324 e. The molecule has 1 atom stereocenters. The van der Waals surface area contributed by atoms with Gasteiger partial charge in [-0.05, 0) is 13.3 Å². The van der Waals surface area contributed by atoms with Crippen molar-refractivity contribution in [1.82, 2.24) is 0 Å². The summed E-state index contributed by atoms with van der Waals surface area (Å²) in [5.41, 5.74) is 0. The van der Waals surface area contributed by atoms with Crippen LogP contribution in [0.4, 0.5) is 0 Å². The van der Waals surface area contributed by atoms with Crippen molar-refractivity contribution in [1.29, 1.82) is 0 Å². The molecule has 0 aliphatic rings. The van der Waals surface area contributed by atoms with Gasteiger partial charge in [-0.25, -0.2) is 8.42 Å². The van der Waals surface area contributed by atoms with Gasteiger partial charge in [0.15, 0.2) is 14.6 Å². The topological polar surface area (TPSA) is 88.5 Å². The van der Waals surface area contributed by atoms with Crippen molar-refractivity contribution in [3.8, 4) is 0 Å². The molecule has 0 saturated heterocycles. The van der Waals surface area contributed by atoms with Crippen LogP contribution in [0.25, 0.3) is 0 Å². The highest BCUT2D eigenvalue weighted by atomic mass is 32.2. The maximum absolute atomic E-state index is 11.1. The number of carboxylic acids is 1. The van der Waals surface area contributed by atoms with E-state index in [-0.39, 0.29) is 12.8 Å². The molecule has 0 spiro atoms. The smallest absolute Gasteiger partial charge is 0.324 e. The minimum Gasteiger partial charge on any atom is -0.480 e. The Morgan fingerprint density at radius 3 is 2.23 bits per heavy atom. The number of hydrogen-bond acceptors (Lipinski definition) is 4. The Balaban J connectivity index is 4.97. The molecule has 0 heterocycles. The highest BCUT2D eigenvalue weighted by Gasteiger charge is 2.42. The first-order chi connectivity index (χ1) is 5.75. The molecule has 13 heavy (non-hydrogen) atoms. The first-order valence-corrected chi connectivity index (χ1v) is 5.51. The van der Waals surface area contributed by atoms with Crippen molar-refractivity contribution in [3.63, 3.8) is 0 Å². The molecule has 6 heteroatoms. The van der Waals surface area contributed by atoms with Crippen LogP contribution in [0.15, 0.2) is 0 Å². The molecule has 1 N–H and O–H groups in total. The van der Waals surface area contributed by atoms with E-state index >= 15 is 0 Å². The van der Waals surface area contributed by atoms with Crippen molar-refractivity contribution in [2.45, 2.75) is 24.5 Å². The largest absolute Gasteiger partial charge is 0.480 e. The Kier molecular flexibility index (Phi) is 3.60. The number of sulfone groups is 1. The summed E-state index contributed by atoms with van der Waals surface area (Å²) in [6, 6.07) is 0. The third-order valence-corrected chi connectivity index (χ3v) is 4.03. The molecule has 5 nitrogen and oxygen atoms in total. The van der Waals surface area contributed by atoms with E-state index < -0.39 is 20.6 Å². The van der Waals surface area contributed by atoms with Crippen LogP contribution in [0.2, 0.25) is 0 Å². The van der Waals surface area contributed by atoms with E-state index in [1.165, 1.54) is 0 Å². The second-order valence-corrected chi connectivity index (χ2v) is 5.46. The Labute approximate surface area is 76.7 Å². The zero-order valence-corrected chi connectivity index (χ0v) is 8.30. The summed E-state index contributed by atoms with van der Waals surface area (Å²) >= 11 is 0. The zero-order valence-electron chi connectivity index (χ0n) is 7.48. The lowest BCUT2D eigenvalue weighted by molar-refractivity contribution is -0.139. The number of carbonyl (C=O) groups excluding carboxylic acids is 1. The van der Waals surface area contributed by atoms with Gasteiger partial charge in [0.05, 0.1) is 0 Å². The van der Waals surface area contributed by atoms with Crippen LogP contribution in [-0.4, -0.2) is 36.8 Å². The molecule has 0 unspecified atom stereocenters. The number of hydrogen-bond donors (Lipinski definition) is 1. The highest BCUT2D eigenvalue weighted by Crippen LogP contribution is 2.22. The van der Waals surface area contributed by atoms with Crippen LogP contribution in [-0.2, 0) is 19.4 Å². The summed E-state index contributed by atoms with van der Waals surface area (Å²) in [4.78, 5) is 20.7. The van der Waals surface area contributed by atoms with Crippen molar-refractivity contribution < 1.29 is 23.1 Å². The number of rotatable bonds is 5. The minimum absolute atomic E-state index is 0.0735. The van der Waals surface area contributed by atoms with Crippen LogP contribution >= 0.6 is 0 Å². The Hall–Kier alpha value is -0.910. The number of carbonyl (C=O) groups is 2. The predicted octanol–water partition coefficient (Wildman–Crippen LogP) is -0.147. The van der Waals surface area contributed by atoms with Crippen LogP contribution in [0.1, 0.15) is 19.8 Å². The quantitative estimate of drug-likeness (QED) is 0.635. The van der Waals surface area contributed by atoms with Gasteiger partial charge in [0, 0.05) is 12.7 Å². The van der Waals surface area contributed by atoms with Crippen molar-refractivity contribution in [2.24, 2.45) is 0 Å². The molecule has 0 aliphatic heterocycles. The number of aldehydes is 1. The van der Waals surface area contributed by atoms with Gasteiger partial charge in [0.2, 0.25) is 0 Å². The SMILES string of the molecule is C[C@@](CCC=O)(C(=O)O)S(C)(=O)=O. The van der Waals surface area contributed by atoms with Crippen LogP contribution in [0.5, 0.6) is 0 Å². The van der Waals surface area contributed by atoms with Crippen LogP contribution in [0, 0.1) is 0 Å². The Bertz CT molecular complexity index is 305. The van der Waals surface area contributed by atoms with E-state index in [2.05, 4.69) is 0 Å². The number of carboxylic acid groups (broad SMARTS) is 1. The summed E-state index contributed by atoms with van der Waals surface area (Å²) in [6.07, 6.45) is 1.10. The fourth-order valence-corrected chi connectivity index (χ4v) is 1.59. The monoisotopic (exact) mass is 208 g/mol. The third-order valence-electron chi connectivity index (χ3n) is 2.01. The fraction of sp³-hybridized carbons (Fsp3) is 0.714. The van der Waals surface area contributed by atoms with E-state index in [0.29, 0.717) is 6.29 Å². The second kappa shape index (κ2) is 3.87. The van der Waals surface area contributed by atoms with E-state index in [1.807, 2.05) is 0 Å². The molecule has 0 rings (SSSR count). The van der Waals surface area contributed by atoms with Crippen molar-refractivity contribution in [2.75, 3.05) is 6.26 Å².